The average Bonchev–Trinajstić information content (AvgIpc) is 2.26. The Labute approximate surface area is 112 Å². The first-order valence-electron chi connectivity index (χ1n) is 7.07. The molecule has 1 aromatic carbocycles. The van der Waals surface area contributed by atoms with Crippen LogP contribution >= 0.6 is 0 Å². The van der Waals surface area contributed by atoms with E-state index in [1.54, 1.807) is 0 Å². The molecule has 1 N–H and O–H groups in total. The standard InChI is InChI=1S/C17H28O/c1-14-7-5-8-15(11-14)12-16(13-18)9-6-10-17(2,3)4/h5,7-8,11,16,18H,6,9-10,12-13H2,1-4H3. The molecule has 0 spiro atoms. The Hall–Kier alpha value is -0.820. The first-order valence-corrected chi connectivity index (χ1v) is 7.07. The topological polar surface area (TPSA) is 20.2 Å². The predicted molar refractivity (Wildman–Crippen MR) is 78.8 cm³/mol. The molecule has 1 rings (SSSR count). The van der Waals surface area contributed by atoms with Crippen LogP contribution in [0.1, 0.15) is 51.2 Å². The zero-order valence-corrected chi connectivity index (χ0v) is 12.4. The second-order valence-corrected chi connectivity index (χ2v) is 6.69. The van der Waals surface area contributed by atoms with Gasteiger partial charge in [0, 0.05) is 6.61 Å². The van der Waals surface area contributed by atoms with E-state index in [0.717, 1.165) is 12.8 Å². The van der Waals surface area contributed by atoms with Crippen LogP contribution in [0.25, 0.3) is 0 Å². The van der Waals surface area contributed by atoms with Crippen molar-refractivity contribution >= 4 is 0 Å². The van der Waals surface area contributed by atoms with Crippen molar-refractivity contribution in [1.29, 1.82) is 0 Å². The zero-order valence-electron chi connectivity index (χ0n) is 12.4. The monoisotopic (exact) mass is 248 g/mol. The highest BCUT2D eigenvalue weighted by Crippen LogP contribution is 2.24. The summed E-state index contributed by atoms with van der Waals surface area (Å²) >= 11 is 0. The van der Waals surface area contributed by atoms with Crippen LogP contribution < -0.4 is 0 Å². The normalized spacial score (nSPS) is 13.6. The summed E-state index contributed by atoms with van der Waals surface area (Å²) in [6.45, 7) is 9.26. The van der Waals surface area contributed by atoms with Crippen LogP contribution in [-0.4, -0.2) is 11.7 Å². The lowest BCUT2D eigenvalue weighted by Gasteiger charge is -2.20. The Balaban J connectivity index is 2.42. The van der Waals surface area contributed by atoms with Gasteiger partial charge in [0.1, 0.15) is 0 Å². The molecule has 0 aliphatic rings. The quantitative estimate of drug-likeness (QED) is 0.793. The largest absolute Gasteiger partial charge is 0.396 e. The van der Waals surface area contributed by atoms with Gasteiger partial charge in [-0.3, -0.25) is 0 Å². The maximum atomic E-state index is 9.49. The maximum absolute atomic E-state index is 9.49. The molecule has 1 aromatic rings. The van der Waals surface area contributed by atoms with Gasteiger partial charge in [-0.1, -0.05) is 57.0 Å². The van der Waals surface area contributed by atoms with Gasteiger partial charge in [0.05, 0.1) is 0 Å². The van der Waals surface area contributed by atoms with E-state index < -0.39 is 0 Å². The van der Waals surface area contributed by atoms with Crippen molar-refractivity contribution in [3.63, 3.8) is 0 Å². The van der Waals surface area contributed by atoms with Crippen LogP contribution in [0.4, 0.5) is 0 Å². The minimum absolute atomic E-state index is 0.304. The summed E-state index contributed by atoms with van der Waals surface area (Å²) in [5.41, 5.74) is 3.06. The second-order valence-electron chi connectivity index (χ2n) is 6.69. The Morgan fingerprint density at radius 3 is 2.50 bits per heavy atom. The minimum Gasteiger partial charge on any atom is -0.396 e. The van der Waals surface area contributed by atoms with Crippen molar-refractivity contribution < 1.29 is 5.11 Å². The molecule has 0 bridgehead atoms. The SMILES string of the molecule is Cc1cccc(CC(CO)CCCC(C)(C)C)c1. The van der Waals surface area contributed by atoms with Crippen molar-refractivity contribution in [1.82, 2.24) is 0 Å². The summed E-state index contributed by atoms with van der Waals surface area (Å²) in [6.07, 6.45) is 4.57. The highest BCUT2D eigenvalue weighted by molar-refractivity contribution is 5.22. The molecule has 1 atom stereocenters. The van der Waals surface area contributed by atoms with Crippen molar-refractivity contribution in [2.75, 3.05) is 6.61 Å². The van der Waals surface area contributed by atoms with E-state index in [4.69, 9.17) is 0 Å². The van der Waals surface area contributed by atoms with E-state index >= 15 is 0 Å². The number of benzene rings is 1. The van der Waals surface area contributed by atoms with Gasteiger partial charge in [-0.15, -0.1) is 0 Å². The van der Waals surface area contributed by atoms with Gasteiger partial charge in [-0.25, -0.2) is 0 Å². The van der Waals surface area contributed by atoms with Crippen LogP contribution in [0, 0.1) is 18.3 Å². The predicted octanol–water partition coefficient (Wildman–Crippen LogP) is 4.36. The molecule has 0 fully saturated rings. The lowest BCUT2D eigenvalue weighted by atomic mass is 9.86. The van der Waals surface area contributed by atoms with Gasteiger partial charge in [-0.2, -0.15) is 0 Å². The lowest BCUT2D eigenvalue weighted by Crippen LogP contribution is -2.12. The molecule has 0 amide bonds. The van der Waals surface area contributed by atoms with E-state index in [2.05, 4.69) is 52.0 Å². The van der Waals surface area contributed by atoms with Gasteiger partial charge in [0.2, 0.25) is 0 Å². The molecule has 0 heterocycles. The highest BCUT2D eigenvalue weighted by atomic mass is 16.3. The summed E-state index contributed by atoms with van der Waals surface area (Å²) in [5, 5.41) is 9.49. The molecule has 0 radical (unpaired) electrons. The summed E-state index contributed by atoms with van der Waals surface area (Å²) in [6, 6.07) is 8.62. The van der Waals surface area contributed by atoms with Gasteiger partial charge in [0.25, 0.3) is 0 Å². The molecule has 0 saturated carbocycles. The fourth-order valence-electron chi connectivity index (χ4n) is 2.35. The molecule has 102 valence electrons. The van der Waals surface area contributed by atoms with E-state index in [-0.39, 0.29) is 0 Å². The van der Waals surface area contributed by atoms with Gasteiger partial charge < -0.3 is 5.11 Å². The smallest absolute Gasteiger partial charge is 0.0462 e. The number of rotatable bonds is 6. The summed E-state index contributed by atoms with van der Waals surface area (Å²) < 4.78 is 0. The summed E-state index contributed by atoms with van der Waals surface area (Å²) in [7, 11) is 0. The average molecular weight is 248 g/mol. The Bertz CT molecular complexity index is 349. The van der Waals surface area contributed by atoms with Crippen LogP contribution in [0.15, 0.2) is 24.3 Å². The van der Waals surface area contributed by atoms with E-state index in [0.29, 0.717) is 17.9 Å². The Kier molecular flexibility index (Phi) is 5.87. The minimum atomic E-state index is 0.304. The first kappa shape index (κ1) is 15.2. The molecule has 0 aromatic heterocycles. The molecule has 1 nitrogen and oxygen atoms in total. The van der Waals surface area contributed by atoms with Crippen LogP contribution in [0.3, 0.4) is 0 Å². The first-order chi connectivity index (χ1) is 8.40. The van der Waals surface area contributed by atoms with Crippen LogP contribution in [0.5, 0.6) is 0 Å². The molecule has 18 heavy (non-hydrogen) atoms. The molecule has 1 heteroatoms. The third-order valence-corrected chi connectivity index (χ3v) is 3.40. The molecular weight excluding hydrogens is 220 g/mol. The van der Waals surface area contributed by atoms with Crippen molar-refractivity contribution in [2.45, 2.75) is 53.4 Å². The lowest BCUT2D eigenvalue weighted by molar-refractivity contribution is 0.209. The summed E-state index contributed by atoms with van der Waals surface area (Å²) in [5.74, 6) is 0.411. The van der Waals surface area contributed by atoms with Crippen LogP contribution in [0.2, 0.25) is 0 Å². The third kappa shape index (κ3) is 6.20. The van der Waals surface area contributed by atoms with Gasteiger partial charge >= 0.3 is 0 Å². The van der Waals surface area contributed by atoms with Gasteiger partial charge in [0.15, 0.2) is 0 Å². The van der Waals surface area contributed by atoms with Crippen molar-refractivity contribution in [3.8, 4) is 0 Å². The summed E-state index contributed by atoms with van der Waals surface area (Å²) in [4.78, 5) is 0. The van der Waals surface area contributed by atoms with Gasteiger partial charge in [-0.05, 0) is 43.1 Å². The number of aliphatic hydroxyl groups excluding tert-OH is 1. The molecule has 0 saturated heterocycles. The number of aliphatic hydroxyl groups is 1. The van der Waals surface area contributed by atoms with E-state index in [1.807, 2.05) is 0 Å². The molecule has 0 aliphatic heterocycles. The molecule has 0 aliphatic carbocycles. The van der Waals surface area contributed by atoms with E-state index in [1.165, 1.54) is 24.0 Å². The Morgan fingerprint density at radius 1 is 1.22 bits per heavy atom. The molecule has 1 unspecified atom stereocenters. The van der Waals surface area contributed by atoms with E-state index in [9.17, 15) is 5.11 Å². The zero-order chi connectivity index (χ0) is 13.6. The second kappa shape index (κ2) is 6.94. The fraction of sp³-hybridized carbons (Fsp3) is 0.647. The maximum Gasteiger partial charge on any atom is 0.0462 e. The number of aryl methyl sites for hydroxylation is 1. The van der Waals surface area contributed by atoms with Crippen LogP contribution in [-0.2, 0) is 6.42 Å². The van der Waals surface area contributed by atoms with Crippen molar-refractivity contribution in [2.24, 2.45) is 11.3 Å². The highest BCUT2D eigenvalue weighted by Gasteiger charge is 2.13. The Morgan fingerprint density at radius 2 is 1.94 bits per heavy atom. The molecular formula is C17H28O. The van der Waals surface area contributed by atoms with Crippen molar-refractivity contribution in [3.05, 3.63) is 35.4 Å². The number of hydrogen-bond donors (Lipinski definition) is 1. The number of hydrogen-bond acceptors (Lipinski definition) is 1. The fourth-order valence-corrected chi connectivity index (χ4v) is 2.35. The third-order valence-electron chi connectivity index (χ3n) is 3.40.